The molecule has 0 aliphatic heterocycles. The zero-order valence-corrected chi connectivity index (χ0v) is 15.9. The van der Waals surface area contributed by atoms with Crippen LogP contribution >= 0.6 is 23.1 Å². The summed E-state index contributed by atoms with van der Waals surface area (Å²) in [6, 6.07) is 7.81. The highest BCUT2D eigenvalue weighted by atomic mass is 32.2. The van der Waals surface area contributed by atoms with Crippen LogP contribution in [0, 0.1) is 13.8 Å². The summed E-state index contributed by atoms with van der Waals surface area (Å²) in [6.07, 6.45) is 0.188. The SMILES string of the molecule is Cc1nc(SC(C)C(=O)c2c(C)[nH]c3ccccc23)sc1CC(N)=O. The largest absolute Gasteiger partial charge is 0.369 e. The van der Waals surface area contributed by atoms with Crippen LogP contribution < -0.4 is 5.73 Å². The highest BCUT2D eigenvalue weighted by Crippen LogP contribution is 2.33. The van der Waals surface area contributed by atoms with Gasteiger partial charge in [0.25, 0.3) is 0 Å². The van der Waals surface area contributed by atoms with Gasteiger partial charge >= 0.3 is 0 Å². The van der Waals surface area contributed by atoms with Gasteiger partial charge in [-0.25, -0.2) is 4.98 Å². The molecule has 0 saturated heterocycles. The number of thiazole rings is 1. The van der Waals surface area contributed by atoms with Crippen LogP contribution in [0.3, 0.4) is 0 Å². The van der Waals surface area contributed by atoms with E-state index >= 15 is 0 Å². The monoisotopic (exact) mass is 373 g/mol. The molecule has 0 aliphatic rings. The summed E-state index contributed by atoms with van der Waals surface area (Å²) in [4.78, 5) is 32.7. The van der Waals surface area contributed by atoms with E-state index in [0.717, 1.165) is 37.1 Å². The number of aryl methyl sites for hydroxylation is 2. The highest BCUT2D eigenvalue weighted by molar-refractivity contribution is 8.02. The number of carbonyl (C=O) groups excluding carboxylic acids is 2. The quantitative estimate of drug-likeness (QED) is 0.510. The van der Waals surface area contributed by atoms with Crippen LogP contribution in [0.25, 0.3) is 10.9 Å². The summed E-state index contributed by atoms with van der Waals surface area (Å²) < 4.78 is 0.784. The number of nitrogens with one attached hydrogen (secondary N) is 1. The van der Waals surface area contributed by atoms with E-state index in [9.17, 15) is 9.59 Å². The Kier molecular flexibility index (Phi) is 4.96. The summed E-state index contributed by atoms with van der Waals surface area (Å²) in [7, 11) is 0. The third kappa shape index (κ3) is 3.62. The van der Waals surface area contributed by atoms with Crippen LogP contribution in [0.15, 0.2) is 28.6 Å². The van der Waals surface area contributed by atoms with Gasteiger partial charge in [0.1, 0.15) is 0 Å². The topological polar surface area (TPSA) is 88.8 Å². The van der Waals surface area contributed by atoms with E-state index in [1.54, 1.807) is 0 Å². The number of nitrogens with zero attached hydrogens (tertiary/aromatic N) is 1. The molecule has 0 saturated carbocycles. The smallest absolute Gasteiger partial charge is 0.222 e. The Morgan fingerprint density at radius 2 is 2.04 bits per heavy atom. The van der Waals surface area contributed by atoms with Gasteiger partial charge in [-0.2, -0.15) is 0 Å². The maximum Gasteiger partial charge on any atom is 0.222 e. The minimum atomic E-state index is -0.373. The molecule has 0 radical (unpaired) electrons. The molecule has 2 heterocycles. The van der Waals surface area contributed by atoms with Gasteiger partial charge in [0.05, 0.1) is 17.4 Å². The number of para-hydroxylation sites is 1. The molecule has 1 aromatic carbocycles. The molecule has 25 heavy (non-hydrogen) atoms. The normalized spacial score (nSPS) is 12.4. The van der Waals surface area contributed by atoms with Crippen molar-refractivity contribution in [3.8, 4) is 0 Å². The average Bonchev–Trinajstić information content (AvgIpc) is 3.05. The van der Waals surface area contributed by atoms with Crippen LogP contribution in [-0.4, -0.2) is 26.9 Å². The molecule has 0 aliphatic carbocycles. The third-order valence-corrected chi connectivity index (χ3v) is 6.35. The van der Waals surface area contributed by atoms with Gasteiger partial charge in [-0.05, 0) is 26.8 Å². The van der Waals surface area contributed by atoms with Crippen molar-refractivity contribution in [2.75, 3.05) is 0 Å². The van der Waals surface area contributed by atoms with E-state index in [1.807, 2.05) is 45.0 Å². The summed E-state index contributed by atoms with van der Waals surface area (Å²) >= 11 is 2.85. The number of ketones is 1. The number of hydrogen-bond acceptors (Lipinski definition) is 5. The van der Waals surface area contributed by atoms with Crippen LogP contribution in [0.5, 0.6) is 0 Å². The Morgan fingerprint density at radius 3 is 2.76 bits per heavy atom. The lowest BCUT2D eigenvalue weighted by atomic mass is 10.1. The van der Waals surface area contributed by atoms with Gasteiger partial charge in [0.15, 0.2) is 10.1 Å². The molecular formula is C18H19N3O2S2. The first-order chi connectivity index (χ1) is 11.9. The first-order valence-corrected chi connectivity index (χ1v) is 9.59. The van der Waals surface area contributed by atoms with E-state index in [-0.39, 0.29) is 23.4 Å². The van der Waals surface area contributed by atoms with Gasteiger partial charge in [0.2, 0.25) is 5.91 Å². The predicted molar refractivity (Wildman–Crippen MR) is 102 cm³/mol. The second kappa shape index (κ2) is 7.01. The first kappa shape index (κ1) is 17.7. The molecule has 1 unspecified atom stereocenters. The maximum atomic E-state index is 13.0. The van der Waals surface area contributed by atoms with Crippen molar-refractivity contribution >= 4 is 45.7 Å². The summed E-state index contributed by atoms with van der Waals surface area (Å²) in [5.41, 5.74) is 8.64. The molecule has 130 valence electrons. The van der Waals surface area contributed by atoms with Crippen LogP contribution in [-0.2, 0) is 11.2 Å². The number of H-pyrrole nitrogens is 1. The van der Waals surface area contributed by atoms with Crippen LogP contribution in [0.4, 0.5) is 0 Å². The zero-order valence-electron chi connectivity index (χ0n) is 14.3. The number of Topliss-reactive ketones (excluding diaryl/α,β-unsaturated/α-hetero) is 1. The number of nitrogens with two attached hydrogens (primary N) is 1. The fourth-order valence-corrected chi connectivity index (χ4v) is 5.22. The Morgan fingerprint density at radius 1 is 1.32 bits per heavy atom. The fourth-order valence-electron chi connectivity index (χ4n) is 2.78. The average molecular weight is 374 g/mol. The van der Waals surface area contributed by atoms with Crippen molar-refractivity contribution in [3.05, 3.63) is 46.1 Å². The van der Waals surface area contributed by atoms with E-state index in [0.29, 0.717) is 0 Å². The van der Waals surface area contributed by atoms with Gasteiger partial charge in [0, 0.05) is 27.0 Å². The van der Waals surface area contributed by atoms with E-state index in [4.69, 9.17) is 5.73 Å². The standard InChI is InChI=1S/C18H19N3O2S2/c1-9-14(8-15(19)22)25-18(21-9)24-11(3)17(23)16-10(2)20-13-7-5-4-6-12(13)16/h4-7,11,20H,8H2,1-3H3,(H2,19,22). The predicted octanol–water partition coefficient (Wildman–Crippen LogP) is 3.63. The first-order valence-electron chi connectivity index (χ1n) is 7.89. The number of aromatic amines is 1. The lowest BCUT2D eigenvalue weighted by molar-refractivity contribution is -0.117. The molecule has 2 aromatic heterocycles. The molecule has 7 heteroatoms. The number of aromatic nitrogens is 2. The van der Waals surface area contributed by atoms with Crippen molar-refractivity contribution in [3.63, 3.8) is 0 Å². The lowest BCUT2D eigenvalue weighted by Crippen LogP contribution is -2.14. The minimum absolute atomic E-state index is 0.0734. The van der Waals surface area contributed by atoms with E-state index in [1.165, 1.54) is 23.1 Å². The Bertz CT molecular complexity index is 959. The van der Waals surface area contributed by atoms with Crippen molar-refractivity contribution in [1.82, 2.24) is 9.97 Å². The zero-order chi connectivity index (χ0) is 18.1. The Hall–Kier alpha value is -2.12. The fraction of sp³-hybridized carbons (Fsp3) is 0.278. The molecule has 0 fully saturated rings. The molecule has 3 aromatic rings. The van der Waals surface area contributed by atoms with E-state index in [2.05, 4.69) is 9.97 Å². The molecule has 5 nitrogen and oxygen atoms in total. The van der Waals surface area contributed by atoms with Gasteiger partial charge in [-0.3, -0.25) is 9.59 Å². The van der Waals surface area contributed by atoms with Crippen molar-refractivity contribution in [1.29, 1.82) is 0 Å². The second-order valence-corrected chi connectivity index (χ2v) is 8.60. The molecule has 0 bridgehead atoms. The molecular weight excluding hydrogens is 354 g/mol. The number of fused-ring (bicyclic) bond motifs is 1. The molecule has 3 N–H and O–H groups in total. The number of carbonyl (C=O) groups is 2. The number of rotatable bonds is 6. The minimum Gasteiger partial charge on any atom is -0.369 e. The molecule has 1 atom stereocenters. The molecule has 0 spiro atoms. The van der Waals surface area contributed by atoms with Crippen molar-refractivity contribution in [2.24, 2.45) is 5.73 Å². The van der Waals surface area contributed by atoms with Gasteiger partial charge in [-0.1, -0.05) is 30.0 Å². The second-order valence-electron chi connectivity index (χ2n) is 5.93. The maximum absolute atomic E-state index is 13.0. The van der Waals surface area contributed by atoms with Crippen LogP contribution in [0.2, 0.25) is 0 Å². The number of primary amides is 1. The summed E-state index contributed by atoms with van der Waals surface area (Å²) in [5.74, 6) is -0.300. The molecule has 3 rings (SSSR count). The van der Waals surface area contributed by atoms with E-state index < -0.39 is 0 Å². The highest BCUT2D eigenvalue weighted by Gasteiger charge is 2.23. The molecule has 1 amide bonds. The summed E-state index contributed by atoms with van der Waals surface area (Å²) in [5, 5.41) is 0.673. The number of hydrogen-bond donors (Lipinski definition) is 2. The van der Waals surface area contributed by atoms with Gasteiger partial charge in [-0.15, -0.1) is 11.3 Å². The number of thioether (sulfide) groups is 1. The Balaban J connectivity index is 1.83. The van der Waals surface area contributed by atoms with Crippen molar-refractivity contribution < 1.29 is 9.59 Å². The number of benzene rings is 1. The number of amides is 1. The van der Waals surface area contributed by atoms with Gasteiger partial charge < -0.3 is 10.7 Å². The summed E-state index contributed by atoms with van der Waals surface area (Å²) in [6.45, 7) is 5.66. The van der Waals surface area contributed by atoms with Crippen molar-refractivity contribution in [2.45, 2.75) is 36.8 Å². The van der Waals surface area contributed by atoms with Crippen LogP contribution in [0.1, 0.15) is 33.5 Å². The Labute approximate surface area is 154 Å². The lowest BCUT2D eigenvalue weighted by Gasteiger charge is -2.08. The third-order valence-electron chi connectivity index (χ3n) is 3.99.